The monoisotopic (exact) mass is 474 g/mol. The number of halogens is 1. The van der Waals surface area contributed by atoms with Crippen molar-refractivity contribution in [3.05, 3.63) is 62.7 Å². The average molecular weight is 475 g/mol. The van der Waals surface area contributed by atoms with E-state index in [0.717, 1.165) is 33.6 Å². The Balaban J connectivity index is 1.35. The van der Waals surface area contributed by atoms with Crippen molar-refractivity contribution >= 4 is 33.2 Å². The van der Waals surface area contributed by atoms with Crippen LogP contribution in [-0.4, -0.2) is 38.0 Å². The molecule has 0 N–H and O–H groups in total. The van der Waals surface area contributed by atoms with Crippen molar-refractivity contribution in [2.24, 2.45) is 0 Å². The fourth-order valence-electron chi connectivity index (χ4n) is 3.68. The number of hydrogen-bond acceptors (Lipinski definition) is 4. The Morgan fingerprint density at radius 3 is 2.52 bits per heavy atom. The summed E-state index contributed by atoms with van der Waals surface area (Å²) in [6.45, 7) is 4.05. The smallest absolute Gasteiger partial charge is 0.328 e. The Morgan fingerprint density at radius 1 is 1.17 bits per heavy atom. The summed E-state index contributed by atoms with van der Waals surface area (Å²) in [5, 5.41) is 3.18. The van der Waals surface area contributed by atoms with E-state index in [9.17, 15) is 9.59 Å². The summed E-state index contributed by atoms with van der Waals surface area (Å²) in [5.74, 6) is 0.386. The molecule has 152 valence electrons. The van der Waals surface area contributed by atoms with Gasteiger partial charge in [0, 0.05) is 53.4 Å². The maximum absolute atomic E-state index is 12.6. The molecule has 1 amide bonds. The third kappa shape index (κ3) is 4.38. The third-order valence-electron chi connectivity index (χ3n) is 5.44. The number of carbonyl (C=O) groups excluding carboxylic acids is 1. The molecule has 29 heavy (non-hydrogen) atoms. The Bertz CT molecular complexity index is 1050. The number of aromatic nitrogens is 3. The van der Waals surface area contributed by atoms with Crippen LogP contribution in [0.2, 0.25) is 0 Å². The van der Waals surface area contributed by atoms with Gasteiger partial charge in [-0.05, 0) is 31.9 Å². The molecule has 6 nitrogen and oxygen atoms in total. The first kappa shape index (κ1) is 20.1. The molecule has 1 aliphatic rings. The molecule has 0 radical (unpaired) electrons. The summed E-state index contributed by atoms with van der Waals surface area (Å²) >= 11 is 5.13. The number of hydrogen-bond donors (Lipinski definition) is 0. The summed E-state index contributed by atoms with van der Waals surface area (Å²) in [7, 11) is 0. The van der Waals surface area contributed by atoms with E-state index >= 15 is 0 Å². The molecule has 0 bridgehead atoms. The summed E-state index contributed by atoms with van der Waals surface area (Å²) < 4.78 is 4.15. The highest BCUT2D eigenvalue weighted by Crippen LogP contribution is 2.32. The second-order valence-corrected chi connectivity index (χ2v) is 9.01. The van der Waals surface area contributed by atoms with Gasteiger partial charge in [-0.3, -0.25) is 13.9 Å². The number of imidazole rings is 1. The first-order valence-electron chi connectivity index (χ1n) is 9.80. The fraction of sp³-hybridized carbons (Fsp3) is 0.381. The first-order valence-corrected chi connectivity index (χ1v) is 11.5. The Labute approximate surface area is 181 Å². The van der Waals surface area contributed by atoms with Crippen molar-refractivity contribution in [2.75, 3.05) is 13.1 Å². The predicted molar refractivity (Wildman–Crippen MR) is 118 cm³/mol. The number of carbonyl (C=O) groups is 1. The lowest BCUT2D eigenvalue weighted by atomic mass is 9.94. The Hall–Kier alpha value is -2.19. The van der Waals surface area contributed by atoms with E-state index in [1.54, 1.807) is 28.3 Å². The van der Waals surface area contributed by atoms with Crippen molar-refractivity contribution in [3.63, 3.8) is 0 Å². The van der Waals surface area contributed by atoms with Crippen LogP contribution in [0.25, 0.3) is 10.6 Å². The Morgan fingerprint density at radius 2 is 1.86 bits per heavy atom. The quantitative estimate of drug-likeness (QED) is 0.562. The van der Waals surface area contributed by atoms with Crippen LogP contribution >= 0.6 is 27.3 Å². The molecule has 0 aliphatic carbocycles. The molecule has 3 heterocycles. The van der Waals surface area contributed by atoms with Crippen molar-refractivity contribution in [3.8, 4) is 10.6 Å². The lowest BCUT2D eigenvalue weighted by molar-refractivity contribution is -0.132. The number of amides is 1. The fourth-order valence-corrected chi connectivity index (χ4v) is 4.86. The predicted octanol–water partition coefficient (Wildman–Crippen LogP) is 3.96. The number of piperidine rings is 1. The lowest BCUT2D eigenvalue weighted by Crippen LogP contribution is -2.41. The van der Waals surface area contributed by atoms with E-state index < -0.39 is 0 Å². The highest BCUT2D eigenvalue weighted by atomic mass is 79.9. The molecule has 0 saturated carbocycles. The van der Waals surface area contributed by atoms with Crippen LogP contribution in [0.5, 0.6) is 0 Å². The number of rotatable bonds is 5. The van der Waals surface area contributed by atoms with Crippen molar-refractivity contribution in [1.82, 2.24) is 19.0 Å². The summed E-state index contributed by atoms with van der Waals surface area (Å²) in [5.41, 5.74) is 2.12. The molecule has 4 rings (SSSR count). The van der Waals surface area contributed by atoms with Crippen LogP contribution in [0.15, 0.2) is 51.3 Å². The van der Waals surface area contributed by atoms with E-state index in [1.165, 1.54) is 4.57 Å². The van der Waals surface area contributed by atoms with Gasteiger partial charge in [0.05, 0.1) is 5.69 Å². The molecular weight excluding hydrogens is 452 g/mol. The van der Waals surface area contributed by atoms with Gasteiger partial charge in [-0.1, -0.05) is 28.1 Å². The number of thiazole rings is 1. The zero-order valence-electron chi connectivity index (χ0n) is 16.3. The van der Waals surface area contributed by atoms with Gasteiger partial charge in [0.25, 0.3) is 0 Å². The van der Waals surface area contributed by atoms with Gasteiger partial charge in [0.1, 0.15) is 11.6 Å². The van der Waals surface area contributed by atoms with Crippen LogP contribution in [0.3, 0.4) is 0 Å². The van der Waals surface area contributed by atoms with Crippen LogP contribution in [0.1, 0.15) is 31.4 Å². The van der Waals surface area contributed by atoms with E-state index in [1.807, 2.05) is 24.0 Å². The average Bonchev–Trinajstić information content (AvgIpc) is 3.36. The topological polar surface area (TPSA) is 60.1 Å². The minimum Gasteiger partial charge on any atom is -0.341 e. The third-order valence-corrected chi connectivity index (χ3v) is 6.88. The van der Waals surface area contributed by atoms with Crippen LogP contribution in [0.4, 0.5) is 0 Å². The minimum atomic E-state index is -0.126. The van der Waals surface area contributed by atoms with Gasteiger partial charge in [0.15, 0.2) is 0 Å². The largest absolute Gasteiger partial charge is 0.341 e. The van der Waals surface area contributed by atoms with E-state index in [-0.39, 0.29) is 18.1 Å². The van der Waals surface area contributed by atoms with Crippen molar-refractivity contribution in [2.45, 2.75) is 38.8 Å². The Kier molecular flexibility index (Phi) is 6.01. The molecule has 1 aliphatic heterocycles. The standard InChI is InChI=1S/C21H23BrN4O2S/c1-2-24-11-12-26(21(24)28)13-19(27)25-9-7-15(8-10-25)18-14-29-20(23-18)16-3-5-17(22)6-4-16/h3-6,11-12,14-15H,2,7-10,13H2,1H3. The highest BCUT2D eigenvalue weighted by Gasteiger charge is 2.26. The molecule has 0 atom stereocenters. The molecule has 8 heteroatoms. The van der Waals surface area contributed by atoms with Gasteiger partial charge in [-0.25, -0.2) is 9.78 Å². The highest BCUT2D eigenvalue weighted by molar-refractivity contribution is 9.10. The summed E-state index contributed by atoms with van der Waals surface area (Å²) in [6.07, 6.45) is 5.22. The molecule has 0 unspecified atom stereocenters. The molecule has 1 fully saturated rings. The van der Waals surface area contributed by atoms with Gasteiger partial charge in [-0.2, -0.15) is 0 Å². The molecule has 1 aromatic carbocycles. The zero-order valence-corrected chi connectivity index (χ0v) is 18.7. The molecule has 1 saturated heterocycles. The van der Waals surface area contributed by atoms with Gasteiger partial charge in [0.2, 0.25) is 5.91 Å². The van der Waals surface area contributed by atoms with Gasteiger partial charge in [-0.15, -0.1) is 11.3 Å². The summed E-state index contributed by atoms with van der Waals surface area (Å²) in [6, 6.07) is 8.20. The normalized spacial score (nSPS) is 15.0. The number of likely N-dealkylation sites (tertiary alicyclic amines) is 1. The number of nitrogens with zero attached hydrogens (tertiary/aromatic N) is 4. The second kappa shape index (κ2) is 8.67. The molecule has 2 aromatic heterocycles. The second-order valence-electron chi connectivity index (χ2n) is 7.23. The minimum absolute atomic E-state index is 0.00762. The lowest BCUT2D eigenvalue weighted by Gasteiger charge is -2.31. The van der Waals surface area contributed by atoms with E-state index in [4.69, 9.17) is 4.98 Å². The van der Waals surface area contributed by atoms with Crippen molar-refractivity contribution in [1.29, 1.82) is 0 Å². The molecular formula is C21H23BrN4O2S. The van der Waals surface area contributed by atoms with Gasteiger partial charge < -0.3 is 4.90 Å². The maximum atomic E-state index is 12.6. The van der Waals surface area contributed by atoms with Crippen LogP contribution in [-0.2, 0) is 17.9 Å². The van der Waals surface area contributed by atoms with Crippen molar-refractivity contribution < 1.29 is 4.79 Å². The SMILES string of the molecule is CCn1ccn(CC(=O)N2CCC(c3csc(-c4ccc(Br)cc4)n3)CC2)c1=O. The van der Waals surface area contributed by atoms with E-state index in [2.05, 4.69) is 33.4 Å². The summed E-state index contributed by atoms with van der Waals surface area (Å²) in [4.78, 5) is 31.5. The zero-order chi connectivity index (χ0) is 20.4. The number of benzene rings is 1. The number of aryl methyl sites for hydroxylation is 1. The first-order chi connectivity index (χ1) is 14.0. The molecule has 3 aromatic rings. The van der Waals surface area contributed by atoms with Crippen LogP contribution in [0, 0.1) is 0 Å². The van der Waals surface area contributed by atoms with Gasteiger partial charge >= 0.3 is 5.69 Å². The maximum Gasteiger partial charge on any atom is 0.328 e. The van der Waals surface area contributed by atoms with E-state index in [0.29, 0.717) is 25.6 Å². The molecule has 0 spiro atoms. The van der Waals surface area contributed by atoms with Crippen LogP contribution < -0.4 is 5.69 Å².